The molecule has 2 saturated heterocycles. The van der Waals surface area contributed by atoms with Crippen LogP contribution in [0.4, 0.5) is 0 Å². The van der Waals surface area contributed by atoms with Crippen LogP contribution in [0.5, 0.6) is 0 Å². The van der Waals surface area contributed by atoms with Gasteiger partial charge in [-0.3, -0.25) is 0 Å². The molecule has 0 aliphatic carbocycles. The highest BCUT2D eigenvalue weighted by atomic mass is 32.2. The van der Waals surface area contributed by atoms with E-state index < -0.39 is 24.3 Å². The number of benzene rings is 4. The Kier molecular flexibility index (Phi) is 18.6. The van der Waals surface area contributed by atoms with Gasteiger partial charge in [0.25, 0.3) is 0 Å². The van der Waals surface area contributed by atoms with E-state index in [2.05, 4.69) is 32.9 Å². The summed E-state index contributed by atoms with van der Waals surface area (Å²) in [5, 5.41) is 10.8. The van der Waals surface area contributed by atoms with Crippen molar-refractivity contribution >= 4 is 35.5 Å². The number of carbonyl (C=O) groups excluding carboxylic acids is 2. The van der Waals surface area contributed by atoms with E-state index in [9.17, 15) is 14.7 Å². The third kappa shape index (κ3) is 13.2. The highest BCUT2D eigenvalue weighted by Crippen LogP contribution is 2.38. The molecule has 9 nitrogen and oxygen atoms in total. The summed E-state index contributed by atoms with van der Waals surface area (Å²) in [6.45, 7) is 12.1. The first kappa shape index (κ1) is 45.4. The van der Waals surface area contributed by atoms with Crippen LogP contribution in [0.2, 0.25) is 0 Å². The Morgan fingerprint density at radius 2 is 0.931 bits per heavy atom. The molecule has 1 N–H and O–H groups in total. The second-order valence-electron chi connectivity index (χ2n) is 14.5. The fourth-order valence-corrected chi connectivity index (χ4v) is 8.97. The molecule has 11 heteroatoms. The highest BCUT2D eigenvalue weighted by molar-refractivity contribution is 8.00. The quantitative estimate of drug-likeness (QED) is 0.109. The molecule has 0 spiro atoms. The summed E-state index contributed by atoms with van der Waals surface area (Å²) >= 11 is 3.25. The highest BCUT2D eigenvalue weighted by Gasteiger charge is 2.46. The van der Waals surface area contributed by atoms with Crippen LogP contribution in [0.3, 0.4) is 0 Å². The van der Waals surface area contributed by atoms with Crippen LogP contribution in [-0.2, 0) is 41.6 Å². The lowest BCUT2D eigenvalue weighted by Crippen LogP contribution is -2.55. The first-order valence-corrected chi connectivity index (χ1v) is 22.3. The molecule has 2 heterocycles. The number of carbonyl (C=O) groups is 2. The minimum absolute atomic E-state index is 0.0237. The molecule has 2 aliphatic rings. The van der Waals surface area contributed by atoms with E-state index in [1.165, 1.54) is 0 Å². The van der Waals surface area contributed by atoms with Gasteiger partial charge in [-0.15, -0.1) is 23.5 Å². The topological polar surface area (TPSA) is 110 Å². The maximum atomic E-state index is 12.6. The van der Waals surface area contributed by atoms with Gasteiger partial charge in [-0.25, -0.2) is 9.59 Å². The van der Waals surface area contributed by atoms with Crippen LogP contribution in [0.15, 0.2) is 121 Å². The molecule has 4 unspecified atom stereocenters. The minimum Gasteiger partial charge on any atom is -0.455 e. The molecule has 0 amide bonds. The molecule has 0 saturated carbocycles. The average Bonchev–Trinajstić information content (AvgIpc) is 3.26. The SMILES string of the molecule is CCS[C@@H]1OC(COCc2ccccc2)[C@@H](C)[C@H](C)C1OC(=O)c1ccccc1.CCS[C@@H]1OC(COCc2ccccc2)[C@@H](O)[C@H](C)C1OC(=O)c1ccccc1. The van der Waals surface area contributed by atoms with Gasteiger partial charge < -0.3 is 33.5 Å². The molecule has 2 aliphatic heterocycles. The van der Waals surface area contributed by atoms with Crippen molar-refractivity contribution in [3.8, 4) is 0 Å². The molecule has 4 aromatic rings. The molecule has 0 aromatic heterocycles. The zero-order valence-corrected chi connectivity index (χ0v) is 35.7. The predicted octanol–water partition coefficient (Wildman–Crippen LogP) is 9.08. The maximum Gasteiger partial charge on any atom is 0.338 e. The van der Waals surface area contributed by atoms with Crippen molar-refractivity contribution in [3.63, 3.8) is 0 Å². The van der Waals surface area contributed by atoms with Crippen LogP contribution in [0, 0.1) is 17.8 Å². The number of rotatable bonds is 16. The molecule has 58 heavy (non-hydrogen) atoms. The molecule has 312 valence electrons. The smallest absolute Gasteiger partial charge is 0.338 e. The number of aliphatic hydroxyl groups is 1. The lowest BCUT2D eigenvalue weighted by Gasteiger charge is -2.43. The van der Waals surface area contributed by atoms with Gasteiger partial charge in [0.05, 0.1) is 49.8 Å². The van der Waals surface area contributed by atoms with Crippen molar-refractivity contribution in [1.29, 1.82) is 0 Å². The number of hydrogen-bond acceptors (Lipinski definition) is 11. The Bertz CT molecular complexity index is 1640. The Morgan fingerprint density at radius 3 is 1.36 bits per heavy atom. The molecular formula is C47H58O9S2. The number of ether oxygens (including phenoxy) is 6. The Morgan fingerprint density at radius 1 is 0.552 bits per heavy atom. The summed E-state index contributed by atoms with van der Waals surface area (Å²) in [6, 6.07) is 38.0. The van der Waals surface area contributed by atoms with E-state index in [1.807, 2.05) is 86.6 Å². The number of esters is 2. The summed E-state index contributed by atoms with van der Waals surface area (Å²) < 4.78 is 35.9. The number of aliphatic hydroxyl groups excluding tert-OH is 1. The van der Waals surface area contributed by atoms with Crippen molar-refractivity contribution in [2.75, 3.05) is 24.7 Å². The number of thioether (sulfide) groups is 2. The van der Waals surface area contributed by atoms with E-state index >= 15 is 0 Å². The first-order valence-electron chi connectivity index (χ1n) is 20.2. The standard InChI is InChI=1S/C24H30O4S.C23H28O5S/c1-4-29-24-22(28-23(25)20-13-9-6-10-14-20)18(3)17(2)21(27-24)16-26-15-19-11-7-5-8-12-19;1-3-29-23-21(28-22(25)18-12-8-5-9-13-18)16(2)20(24)19(27-23)15-26-14-17-10-6-4-7-11-17/h5-14,17-18,21-22,24H,4,15-16H2,1-3H3;4-13,16,19-21,23-24H,3,14-15H2,1-2H3/t17-,18-,21?,22?,24-;16-,19?,20-,21?,23-/m00/s1. The molecule has 0 radical (unpaired) electrons. The van der Waals surface area contributed by atoms with Crippen LogP contribution >= 0.6 is 23.5 Å². The third-order valence-electron chi connectivity index (χ3n) is 10.5. The van der Waals surface area contributed by atoms with Crippen LogP contribution in [0.1, 0.15) is 66.5 Å². The second-order valence-corrected chi connectivity index (χ2v) is 17.3. The van der Waals surface area contributed by atoms with E-state index in [4.69, 9.17) is 28.4 Å². The van der Waals surface area contributed by atoms with Gasteiger partial charge in [0.15, 0.2) is 0 Å². The van der Waals surface area contributed by atoms with Gasteiger partial charge in [-0.1, -0.05) is 132 Å². The third-order valence-corrected chi connectivity index (χ3v) is 12.6. The zero-order valence-electron chi connectivity index (χ0n) is 34.1. The van der Waals surface area contributed by atoms with E-state index in [0.29, 0.717) is 30.9 Å². The normalized spacial score (nSPS) is 26.8. The molecule has 4 aromatic carbocycles. The monoisotopic (exact) mass is 830 g/mol. The summed E-state index contributed by atoms with van der Waals surface area (Å²) in [7, 11) is 0. The Balaban J connectivity index is 0.000000221. The summed E-state index contributed by atoms with van der Waals surface area (Å²) in [5.41, 5.74) is 2.74. The lowest BCUT2D eigenvalue weighted by atomic mass is 9.84. The summed E-state index contributed by atoms with van der Waals surface area (Å²) in [5.74, 6) is 1.12. The van der Waals surface area contributed by atoms with Gasteiger partial charge in [0, 0.05) is 11.8 Å². The fourth-order valence-electron chi connectivity index (χ4n) is 6.89. The Hall–Kier alpha value is -3.68. The van der Waals surface area contributed by atoms with Crippen molar-refractivity contribution in [2.45, 2.75) is 89.2 Å². The van der Waals surface area contributed by atoms with Gasteiger partial charge >= 0.3 is 11.9 Å². The molecule has 6 rings (SSSR count). The van der Waals surface area contributed by atoms with Crippen LogP contribution in [-0.4, -0.2) is 83.2 Å². The van der Waals surface area contributed by atoms with Crippen molar-refractivity contribution in [1.82, 2.24) is 0 Å². The molecule has 0 bridgehead atoms. The minimum atomic E-state index is -0.784. The van der Waals surface area contributed by atoms with Gasteiger partial charge in [0.2, 0.25) is 0 Å². The summed E-state index contributed by atoms with van der Waals surface area (Å²) in [6.07, 6.45) is -2.09. The van der Waals surface area contributed by atoms with Gasteiger partial charge in [0.1, 0.15) is 29.2 Å². The average molecular weight is 831 g/mol. The van der Waals surface area contributed by atoms with Gasteiger partial charge in [-0.2, -0.15) is 0 Å². The lowest BCUT2D eigenvalue weighted by molar-refractivity contribution is -0.185. The maximum absolute atomic E-state index is 12.6. The molecular weight excluding hydrogens is 773 g/mol. The predicted molar refractivity (Wildman–Crippen MR) is 231 cm³/mol. The Labute approximate surface area is 352 Å². The van der Waals surface area contributed by atoms with E-state index in [1.54, 1.807) is 59.9 Å². The van der Waals surface area contributed by atoms with Crippen LogP contribution in [0.25, 0.3) is 0 Å². The number of hydrogen-bond donors (Lipinski definition) is 1. The first-order chi connectivity index (χ1) is 28.2. The van der Waals surface area contributed by atoms with E-state index in [0.717, 1.165) is 22.6 Å². The molecule has 2 fully saturated rings. The van der Waals surface area contributed by atoms with E-state index in [-0.39, 0.29) is 53.4 Å². The largest absolute Gasteiger partial charge is 0.455 e. The van der Waals surface area contributed by atoms with Gasteiger partial charge in [-0.05, 0) is 52.8 Å². The zero-order chi connectivity index (χ0) is 41.3. The second kappa shape index (κ2) is 23.8. The fraction of sp³-hybridized carbons (Fsp3) is 0.447. The summed E-state index contributed by atoms with van der Waals surface area (Å²) in [4.78, 5) is 25.1. The van der Waals surface area contributed by atoms with Crippen molar-refractivity contribution in [3.05, 3.63) is 144 Å². The van der Waals surface area contributed by atoms with Crippen LogP contribution < -0.4 is 0 Å². The van der Waals surface area contributed by atoms with Crippen molar-refractivity contribution < 1.29 is 43.1 Å². The molecule has 10 atom stereocenters. The van der Waals surface area contributed by atoms with Crippen molar-refractivity contribution in [2.24, 2.45) is 17.8 Å².